The lowest BCUT2D eigenvalue weighted by atomic mass is 9.74. The van der Waals surface area contributed by atoms with Crippen molar-refractivity contribution in [3.05, 3.63) is 63.9 Å². The molecule has 0 N–H and O–H groups in total. The summed E-state index contributed by atoms with van der Waals surface area (Å²) in [5, 5.41) is 0.806. The molecule has 0 radical (unpaired) electrons. The summed E-state index contributed by atoms with van der Waals surface area (Å²) in [6, 6.07) is 10.4. The van der Waals surface area contributed by atoms with Crippen LogP contribution < -0.4 is 0 Å². The van der Waals surface area contributed by atoms with E-state index in [1.807, 2.05) is 18.2 Å². The zero-order valence-corrected chi connectivity index (χ0v) is 15.3. The fraction of sp³-hybridized carbons (Fsp3) is 0.316. The molecule has 0 unspecified atom stereocenters. The van der Waals surface area contributed by atoms with Crippen molar-refractivity contribution in [3.63, 3.8) is 0 Å². The SMILES string of the molecule is CN(C(=O)c1ccc(Cl)nc1)[C@]1(c2ccccc2Cl)CCCCC1=O. The minimum atomic E-state index is -1.05. The van der Waals surface area contributed by atoms with Crippen LogP contribution in [0, 0.1) is 0 Å². The Morgan fingerprint density at radius 3 is 2.56 bits per heavy atom. The molecule has 3 rings (SSSR count). The van der Waals surface area contributed by atoms with Crippen LogP contribution in [-0.2, 0) is 10.3 Å². The van der Waals surface area contributed by atoms with Crippen LogP contribution in [0.4, 0.5) is 0 Å². The predicted octanol–water partition coefficient (Wildman–Crippen LogP) is 4.50. The molecule has 130 valence electrons. The van der Waals surface area contributed by atoms with Crippen molar-refractivity contribution in [1.29, 1.82) is 0 Å². The maximum atomic E-state index is 13.0. The number of aromatic nitrogens is 1. The lowest BCUT2D eigenvalue weighted by Crippen LogP contribution is -2.54. The first-order chi connectivity index (χ1) is 12.0. The fourth-order valence-electron chi connectivity index (χ4n) is 3.50. The highest BCUT2D eigenvalue weighted by Gasteiger charge is 2.48. The van der Waals surface area contributed by atoms with Crippen LogP contribution in [0.15, 0.2) is 42.6 Å². The van der Waals surface area contributed by atoms with Crippen molar-refractivity contribution >= 4 is 34.9 Å². The molecule has 1 aliphatic rings. The van der Waals surface area contributed by atoms with Gasteiger partial charge in [-0.1, -0.05) is 41.4 Å². The quantitative estimate of drug-likeness (QED) is 0.740. The van der Waals surface area contributed by atoms with Gasteiger partial charge in [0.1, 0.15) is 10.7 Å². The maximum Gasteiger partial charge on any atom is 0.256 e. The van der Waals surface area contributed by atoms with Crippen molar-refractivity contribution in [2.75, 3.05) is 7.05 Å². The molecular formula is C19H18Cl2N2O2. The van der Waals surface area contributed by atoms with E-state index in [2.05, 4.69) is 4.98 Å². The van der Waals surface area contributed by atoms with Crippen LogP contribution >= 0.6 is 23.2 Å². The molecule has 1 atom stereocenters. The van der Waals surface area contributed by atoms with E-state index in [1.165, 1.54) is 11.1 Å². The number of carbonyl (C=O) groups excluding carboxylic acids is 2. The van der Waals surface area contributed by atoms with E-state index in [1.54, 1.807) is 25.2 Å². The molecule has 0 bridgehead atoms. The number of pyridine rings is 1. The monoisotopic (exact) mass is 376 g/mol. The van der Waals surface area contributed by atoms with E-state index in [-0.39, 0.29) is 11.7 Å². The lowest BCUT2D eigenvalue weighted by molar-refractivity contribution is -0.132. The van der Waals surface area contributed by atoms with Crippen LogP contribution in [0.5, 0.6) is 0 Å². The van der Waals surface area contributed by atoms with Gasteiger partial charge >= 0.3 is 0 Å². The Hall–Kier alpha value is -1.91. The third-order valence-corrected chi connectivity index (χ3v) is 5.38. The summed E-state index contributed by atoms with van der Waals surface area (Å²) >= 11 is 12.2. The number of likely N-dealkylation sites (N-methyl/N-ethyl adjacent to an activating group) is 1. The summed E-state index contributed by atoms with van der Waals surface area (Å²) in [6.07, 6.45) is 4.10. The largest absolute Gasteiger partial charge is 0.325 e. The molecule has 1 saturated carbocycles. The molecule has 25 heavy (non-hydrogen) atoms. The van der Waals surface area contributed by atoms with E-state index < -0.39 is 5.54 Å². The molecule has 1 fully saturated rings. The molecule has 1 aliphatic carbocycles. The van der Waals surface area contributed by atoms with Gasteiger partial charge in [-0.2, -0.15) is 0 Å². The summed E-state index contributed by atoms with van der Waals surface area (Å²) < 4.78 is 0. The Labute approximate surface area is 156 Å². The maximum absolute atomic E-state index is 13.0. The summed E-state index contributed by atoms with van der Waals surface area (Å²) in [7, 11) is 1.66. The first-order valence-corrected chi connectivity index (χ1v) is 8.90. The third kappa shape index (κ3) is 3.16. The molecule has 1 heterocycles. The van der Waals surface area contributed by atoms with Gasteiger partial charge in [-0.05, 0) is 37.5 Å². The number of halogens is 2. The van der Waals surface area contributed by atoms with Gasteiger partial charge in [0.2, 0.25) is 0 Å². The molecule has 6 heteroatoms. The highest BCUT2D eigenvalue weighted by molar-refractivity contribution is 6.32. The van der Waals surface area contributed by atoms with Crippen LogP contribution in [0.3, 0.4) is 0 Å². The Kier molecular flexibility index (Phi) is 5.11. The Balaban J connectivity index is 2.08. The molecule has 1 aromatic heterocycles. The van der Waals surface area contributed by atoms with Crippen molar-refractivity contribution < 1.29 is 9.59 Å². The van der Waals surface area contributed by atoms with Crippen LogP contribution in [0.1, 0.15) is 41.6 Å². The van der Waals surface area contributed by atoms with Gasteiger partial charge in [-0.3, -0.25) is 9.59 Å². The van der Waals surface area contributed by atoms with E-state index in [4.69, 9.17) is 23.2 Å². The van der Waals surface area contributed by atoms with Gasteiger partial charge in [-0.15, -0.1) is 0 Å². The van der Waals surface area contributed by atoms with Crippen molar-refractivity contribution in [2.45, 2.75) is 31.2 Å². The fourth-order valence-corrected chi connectivity index (χ4v) is 3.90. The average Bonchev–Trinajstić information content (AvgIpc) is 2.62. The number of rotatable bonds is 3. The summed E-state index contributed by atoms with van der Waals surface area (Å²) in [5.41, 5.74) is 0.0173. The van der Waals surface area contributed by atoms with Crippen molar-refractivity contribution in [2.24, 2.45) is 0 Å². The number of Topliss-reactive ketones (excluding diaryl/α,β-unsaturated/α-hetero) is 1. The molecule has 0 spiro atoms. The van der Waals surface area contributed by atoms with Gasteiger partial charge < -0.3 is 4.90 Å². The van der Waals surface area contributed by atoms with Gasteiger partial charge in [0.05, 0.1) is 5.56 Å². The number of carbonyl (C=O) groups is 2. The van der Waals surface area contributed by atoms with E-state index in [0.717, 1.165) is 12.8 Å². The molecule has 0 saturated heterocycles. The van der Waals surface area contributed by atoms with Crippen molar-refractivity contribution in [1.82, 2.24) is 9.88 Å². The number of benzene rings is 1. The molecular weight excluding hydrogens is 359 g/mol. The average molecular weight is 377 g/mol. The van der Waals surface area contributed by atoms with Gasteiger partial charge in [-0.25, -0.2) is 4.98 Å². The standard InChI is InChI=1S/C19H18Cl2N2O2/c1-23(18(25)13-9-10-17(21)22-12-13)19(11-5-4-8-16(19)24)14-6-2-3-7-15(14)20/h2-3,6-7,9-10,12H,4-5,8,11H2,1H3/t19-/m0/s1. The number of nitrogens with zero attached hydrogens (tertiary/aromatic N) is 2. The number of ketones is 1. The predicted molar refractivity (Wildman–Crippen MR) is 97.9 cm³/mol. The van der Waals surface area contributed by atoms with Crippen LogP contribution in [-0.4, -0.2) is 28.6 Å². The van der Waals surface area contributed by atoms with E-state index in [0.29, 0.717) is 34.1 Å². The zero-order valence-electron chi connectivity index (χ0n) is 13.8. The normalized spacial score (nSPS) is 20.4. The van der Waals surface area contributed by atoms with Gasteiger partial charge in [0.15, 0.2) is 5.78 Å². The topological polar surface area (TPSA) is 50.3 Å². The summed E-state index contributed by atoms with van der Waals surface area (Å²) in [6.45, 7) is 0. The molecule has 1 amide bonds. The van der Waals surface area contributed by atoms with Gasteiger partial charge in [0.25, 0.3) is 5.91 Å². The smallest absolute Gasteiger partial charge is 0.256 e. The third-order valence-electron chi connectivity index (χ3n) is 4.82. The second kappa shape index (κ2) is 7.14. The second-order valence-corrected chi connectivity index (χ2v) is 7.00. The van der Waals surface area contributed by atoms with Gasteiger partial charge in [0, 0.05) is 30.3 Å². The number of hydrogen-bond donors (Lipinski definition) is 0. The number of hydrogen-bond acceptors (Lipinski definition) is 3. The first kappa shape index (κ1) is 17.9. The summed E-state index contributed by atoms with van der Waals surface area (Å²) in [5.74, 6) is -0.260. The lowest BCUT2D eigenvalue weighted by Gasteiger charge is -2.44. The molecule has 4 nitrogen and oxygen atoms in total. The Bertz CT molecular complexity index is 807. The second-order valence-electron chi connectivity index (χ2n) is 6.20. The zero-order chi connectivity index (χ0) is 18.0. The minimum absolute atomic E-state index is 0.0182. The summed E-state index contributed by atoms with van der Waals surface area (Å²) in [4.78, 5) is 31.5. The number of amides is 1. The molecule has 0 aliphatic heterocycles. The highest BCUT2D eigenvalue weighted by atomic mass is 35.5. The Morgan fingerprint density at radius 1 is 1.16 bits per heavy atom. The van der Waals surface area contributed by atoms with Crippen LogP contribution in [0.2, 0.25) is 10.2 Å². The highest BCUT2D eigenvalue weighted by Crippen LogP contribution is 2.42. The van der Waals surface area contributed by atoms with E-state index in [9.17, 15) is 9.59 Å². The van der Waals surface area contributed by atoms with E-state index >= 15 is 0 Å². The molecule has 1 aromatic carbocycles. The van der Waals surface area contributed by atoms with Crippen molar-refractivity contribution in [3.8, 4) is 0 Å². The first-order valence-electron chi connectivity index (χ1n) is 8.15. The van der Waals surface area contributed by atoms with Crippen LogP contribution in [0.25, 0.3) is 0 Å². The Morgan fingerprint density at radius 2 is 1.92 bits per heavy atom. The molecule has 2 aromatic rings. The minimum Gasteiger partial charge on any atom is -0.325 e.